The number of ether oxygens (including phenoxy) is 1. The molecule has 1 saturated heterocycles. The molecule has 2 aliphatic heterocycles. The number of anilines is 1. The molecule has 2 aliphatic rings. The van der Waals surface area contributed by atoms with Crippen molar-refractivity contribution in [3.05, 3.63) is 77.5 Å². The van der Waals surface area contributed by atoms with Crippen molar-refractivity contribution in [1.82, 2.24) is 10.9 Å². The van der Waals surface area contributed by atoms with E-state index >= 15 is 0 Å². The van der Waals surface area contributed by atoms with Crippen molar-refractivity contribution in [2.75, 3.05) is 4.90 Å². The molecule has 26 heavy (non-hydrogen) atoms. The summed E-state index contributed by atoms with van der Waals surface area (Å²) in [5, 5.41) is 0. The molecule has 2 aromatic carbocycles. The Morgan fingerprint density at radius 3 is 2.35 bits per heavy atom. The Labute approximate surface area is 149 Å². The van der Waals surface area contributed by atoms with Gasteiger partial charge < -0.3 is 10.2 Å². The van der Waals surface area contributed by atoms with Crippen molar-refractivity contribution in [1.29, 1.82) is 0 Å². The van der Waals surface area contributed by atoms with Crippen LogP contribution in [-0.2, 0) is 25.7 Å². The summed E-state index contributed by atoms with van der Waals surface area (Å²) in [6.07, 6.45) is 0. The second-order valence-corrected chi connectivity index (χ2v) is 5.87. The summed E-state index contributed by atoms with van der Waals surface area (Å²) in [5.41, 5.74) is 6.65. The second kappa shape index (κ2) is 6.45. The number of carbonyl (C=O) groups excluding carboxylic acids is 3. The minimum Gasteiger partial charge on any atom is -0.456 e. The van der Waals surface area contributed by atoms with E-state index in [9.17, 15) is 14.4 Å². The zero-order chi connectivity index (χ0) is 18.1. The minimum absolute atomic E-state index is 0.0253. The van der Waals surface area contributed by atoms with Gasteiger partial charge in [0.15, 0.2) is 0 Å². The fraction of sp³-hybridized carbons (Fsp3) is 0.105. The molecule has 0 aliphatic carbocycles. The third-order valence-corrected chi connectivity index (χ3v) is 4.23. The van der Waals surface area contributed by atoms with E-state index in [4.69, 9.17) is 4.74 Å². The molecule has 2 aromatic rings. The maximum atomic E-state index is 12.7. The van der Waals surface area contributed by atoms with Gasteiger partial charge in [-0.1, -0.05) is 48.5 Å². The lowest BCUT2D eigenvalue weighted by Gasteiger charge is -2.15. The van der Waals surface area contributed by atoms with Crippen LogP contribution in [0.25, 0.3) is 0 Å². The normalized spacial score (nSPS) is 18.8. The predicted molar refractivity (Wildman–Crippen MR) is 92.3 cm³/mol. The number of nitrogens with one attached hydrogen (secondary N) is 2. The van der Waals surface area contributed by atoms with E-state index in [0.717, 1.165) is 10.5 Å². The number of hydrogen-bond acceptors (Lipinski definition) is 6. The molecule has 0 saturated carbocycles. The van der Waals surface area contributed by atoms with E-state index in [1.165, 1.54) is 0 Å². The molecule has 0 bridgehead atoms. The van der Waals surface area contributed by atoms with Crippen LogP contribution >= 0.6 is 0 Å². The zero-order valence-electron chi connectivity index (χ0n) is 13.6. The number of benzene rings is 2. The third kappa shape index (κ3) is 2.64. The summed E-state index contributed by atoms with van der Waals surface area (Å²) in [5.74, 6) is -1.65. The van der Waals surface area contributed by atoms with Crippen molar-refractivity contribution < 1.29 is 19.1 Å². The van der Waals surface area contributed by atoms with Gasteiger partial charge in [-0.3, -0.25) is 9.59 Å². The monoisotopic (exact) mass is 349 g/mol. The van der Waals surface area contributed by atoms with Crippen LogP contribution in [0.5, 0.6) is 0 Å². The van der Waals surface area contributed by atoms with Gasteiger partial charge in [0.1, 0.15) is 18.3 Å². The molecule has 2 amide bonds. The minimum atomic E-state index is -0.901. The van der Waals surface area contributed by atoms with Gasteiger partial charge in [-0.05, 0) is 17.7 Å². The molecular weight excluding hydrogens is 334 g/mol. The first-order valence-electron chi connectivity index (χ1n) is 8.07. The molecule has 0 aromatic heterocycles. The first-order chi connectivity index (χ1) is 12.7. The summed E-state index contributed by atoms with van der Waals surface area (Å²) < 4.78 is 5.26. The number of hydrogen-bond donors (Lipinski definition) is 2. The Morgan fingerprint density at radius 2 is 1.65 bits per heavy atom. The number of imide groups is 1. The van der Waals surface area contributed by atoms with E-state index in [2.05, 4.69) is 10.9 Å². The lowest BCUT2D eigenvalue weighted by atomic mass is 10.1. The van der Waals surface area contributed by atoms with Crippen molar-refractivity contribution in [2.24, 2.45) is 0 Å². The highest BCUT2D eigenvalue weighted by Gasteiger charge is 2.50. The van der Waals surface area contributed by atoms with E-state index < -0.39 is 23.8 Å². The first-order valence-corrected chi connectivity index (χ1v) is 8.07. The summed E-state index contributed by atoms with van der Waals surface area (Å²) in [4.78, 5) is 38.8. The largest absolute Gasteiger partial charge is 0.456 e. The van der Waals surface area contributed by atoms with E-state index in [1.807, 2.05) is 30.3 Å². The van der Waals surface area contributed by atoms with Gasteiger partial charge in [-0.25, -0.2) is 15.1 Å². The van der Waals surface area contributed by atoms with Gasteiger partial charge in [0, 0.05) is 0 Å². The second-order valence-electron chi connectivity index (χ2n) is 5.87. The molecular formula is C19H15N3O4. The number of nitrogens with zero attached hydrogens (tertiary/aromatic N) is 1. The highest BCUT2D eigenvalue weighted by molar-refractivity contribution is 6.32. The molecule has 130 valence electrons. The van der Waals surface area contributed by atoms with E-state index in [-0.39, 0.29) is 17.9 Å². The highest BCUT2D eigenvalue weighted by atomic mass is 16.5. The number of fused-ring (bicyclic) bond motifs is 1. The van der Waals surface area contributed by atoms with Crippen molar-refractivity contribution in [2.45, 2.75) is 12.6 Å². The number of para-hydroxylation sites is 1. The Morgan fingerprint density at radius 1 is 1.00 bits per heavy atom. The molecule has 4 rings (SSSR count). The van der Waals surface area contributed by atoms with Crippen LogP contribution in [0.1, 0.15) is 5.56 Å². The zero-order valence-corrected chi connectivity index (χ0v) is 13.6. The SMILES string of the molecule is O=C(OCc1ccccc1)C1=C2C(=O)N(c3ccccc3)C(=O)[C@@H]2NN1. The quantitative estimate of drug-likeness (QED) is 0.633. The van der Waals surface area contributed by atoms with Crippen LogP contribution in [-0.4, -0.2) is 23.8 Å². The maximum Gasteiger partial charge on any atom is 0.356 e. The predicted octanol–water partition coefficient (Wildman–Crippen LogP) is 1.03. The van der Waals surface area contributed by atoms with Gasteiger partial charge in [0.05, 0.1) is 11.3 Å². The Hall–Kier alpha value is -3.45. The Balaban J connectivity index is 1.58. The Bertz CT molecular complexity index is 909. The molecule has 0 spiro atoms. The Kier molecular flexibility index (Phi) is 3.98. The molecule has 7 heteroatoms. The van der Waals surface area contributed by atoms with Gasteiger partial charge in [0.2, 0.25) is 0 Å². The van der Waals surface area contributed by atoms with Crippen LogP contribution in [0.4, 0.5) is 5.69 Å². The van der Waals surface area contributed by atoms with Crippen molar-refractivity contribution in [3.63, 3.8) is 0 Å². The molecule has 1 atom stereocenters. The molecule has 7 nitrogen and oxygen atoms in total. The third-order valence-electron chi connectivity index (χ3n) is 4.23. The average molecular weight is 349 g/mol. The van der Waals surface area contributed by atoms with Gasteiger partial charge >= 0.3 is 5.97 Å². The molecule has 0 unspecified atom stereocenters. The number of esters is 1. The van der Waals surface area contributed by atoms with Crippen molar-refractivity contribution in [3.8, 4) is 0 Å². The summed E-state index contributed by atoms with van der Waals surface area (Å²) in [7, 11) is 0. The maximum absolute atomic E-state index is 12.7. The number of rotatable bonds is 4. The van der Waals surface area contributed by atoms with Crippen LogP contribution < -0.4 is 15.8 Å². The number of amides is 2. The fourth-order valence-corrected chi connectivity index (χ4v) is 2.97. The van der Waals surface area contributed by atoms with Gasteiger partial charge in [-0.2, -0.15) is 0 Å². The molecule has 2 N–H and O–H groups in total. The van der Waals surface area contributed by atoms with E-state index in [1.54, 1.807) is 30.3 Å². The fourth-order valence-electron chi connectivity index (χ4n) is 2.97. The lowest BCUT2D eigenvalue weighted by Crippen LogP contribution is -2.42. The topological polar surface area (TPSA) is 87.7 Å². The van der Waals surface area contributed by atoms with Crippen LogP contribution in [0.15, 0.2) is 71.9 Å². The first kappa shape index (κ1) is 16.0. The number of hydrazine groups is 1. The number of carbonyl (C=O) groups is 3. The smallest absolute Gasteiger partial charge is 0.356 e. The van der Waals surface area contributed by atoms with Crippen LogP contribution in [0.2, 0.25) is 0 Å². The molecule has 1 fully saturated rings. The van der Waals surface area contributed by atoms with E-state index in [0.29, 0.717) is 5.69 Å². The molecule has 2 heterocycles. The summed E-state index contributed by atoms with van der Waals surface area (Å²) in [6, 6.07) is 16.9. The molecule has 0 radical (unpaired) electrons. The van der Waals surface area contributed by atoms with Crippen LogP contribution in [0, 0.1) is 0 Å². The van der Waals surface area contributed by atoms with Gasteiger partial charge in [-0.15, -0.1) is 0 Å². The summed E-state index contributed by atoms with van der Waals surface area (Å²) >= 11 is 0. The highest BCUT2D eigenvalue weighted by Crippen LogP contribution is 2.30. The standard InChI is InChI=1S/C19H15N3O4/c23-17-14-15(18(24)22(17)13-9-5-2-6-10-13)20-21-16(14)19(25)26-11-12-7-3-1-4-8-12/h1-10,15,20-21H,11H2/t15-/m1/s1. The van der Waals surface area contributed by atoms with Crippen LogP contribution in [0.3, 0.4) is 0 Å². The lowest BCUT2D eigenvalue weighted by molar-refractivity contribution is -0.141. The summed E-state index contributed by atoms with van der Waals surface area (Å²) in [6.45, 7) is 0.0767. The van der Waals surface area contributed by atoms with Crippen molar-refractivity contribution >= 4 is 23.5 Å². The van der Waals surface area contributed by atoms with Gasteiger partial charge in [0.25, 0.3) is 11.8 Å². The average Bonchev–Trinajstić information content (AvgIpc) is 3.22.